The zero-order chi connectivity index (χ0) is 16.6. The van der Waals surface area contributed by atoms with Gasteiger partial charge in [-0.25, -0.2) is 0 Å². The second kappa shape index (κ2) is 15.4. The number of carbonyl (C=O) groups excluding carboxylic acids is 1. The number of hydrogen-bond acceptors (Lipinski definition) is 2. The first kappa shape index (κ1) is 21.5. The molecule has 0 amide bonds. The minimum absolute atomic E-state index is 0.0392. The fourth-order valence-electron chi connectivity index (χ4n) is 2.88. The largest absolute Gasteiger partial charge is 0.465 e. The van der Waals surface area contributed by atoms with E-state index in [4.69, 9.17) is 4.74 Å². The smallest absolute Gasteiger partial charge is 0.308 e. The van der Waals surface area contributed by atoms with Gasteiger partial charge in [-0.3, -0.25) is 4.79 Å². The molecule has 0 rings (SSSR count). The summed E-state index contributed by atoms with van der Waals surface area (Å²) in [4.78, 5) is 12.1. The van der Waals surface area contributed by atoms with Crippen molar-refractivity contribution in [1.82, 2.24) is 0 Å². The molecule has 0 aromatic rings. The van der Waals surface area contributed by atoms with Gasteiger partial charge in [0.25, 0.3) is 0 Å². The molecule has 0 heterocycles. The fourth-order valence-corrected chi connectivity index (χ4v) is 2.88. The number of hydrogen-bond donors (Lipinski definition) is 0. The van der Waals surface area contributed by atoms with Crippen molar-refractivity contribution in [2.45, 2.75) is 105 Å². The average molecular weight is 313 g/mol. The molecule has 0 bridgehead atoms. The van der Waals surface area contributed by atoms with Crippen LogP contribution in [-0.2, 0) is 9.53 Å². The summed E-state index contributed by atoms with van der Waals surface area (Å²) >= 11 is 0. The summed E-state index contributed by atoms with van der Waals surface area (Å²) in [5.41, 5.74) is 0. The highest BCUT2D eigenvalue weighted by molar-refractivity contribution is 5.72. The second-order valence-corrected chi connectivity index (χ2v) is 6.71. The monoisotopic (exact) mass is 312 g/mol. The van der Waals surface area contributed by atoms with Crippen LogP contribution in [0, 0.1) is 11.8 Å². The number of carbonyl (C=O) groups is 1. The van der Waals surface area contributed by atoms with Crippen molar-refractivity contribution in [2.75, 3.05) is 6.61 Å². The second-order valence-electron chi connectivity index (χ2n) is 6.71. The fraction of sp³-hybridized carbons (Fsp3) is 0.950. The SMILES string of the molecule is CCCCCCCCC(CC)COC(=O)C(CC)CCCC. The van der Waals surface area contributed by atoms with Gasteiger partial charge in [-0.05, 0) is 25.2 Å². The molecule has 0 aromatic heterocycles. The van der Waals surface area contributed by atoms with Crippen LogP contribution < -0.4 is 0 Å². The topological polar surface area (TPSA) is 26.3 Å². The normalized spacial score (nSPS) is 13.8. The van der Waals surface area contributed by atoms with Gasteiger partial charge in [0.15, 0.2) is 0 Å². The highest BCUT2D eigenvalue weighted by atomic mass is 16.5. The van der Waals surface area contributed by atoms with Gasteiger partial charge >= 0.3 is 5.97 Å². The third-order valence-electron chi connectivity index (χ3n) is 4.74. The zero-order valence-corrected chi connectivity index (χ0v) is 15.7. The molecule has 0 aliphatic carbocycles. The van der Waals surface area contributed by atoms with E-state index in [1.54, 1.807) is 0 Å². The lowest BCUT2D eigenvalue weighted by Gasteiger charge is -2.18. The average Bonchev–Trinajstić information content (AvgIpc) is 2.54. The van der Waals surface area contributed by atoms with E-state index in [9.17, 15) is 4.79 Å². The van der Waals surface area contributed by atoms with Gasteiger partial charge < -0.3 is 4.74 Å². The van der Waals surface area contributed by atoms with Gasteiger partial charge in [0.2, 0.25) is 0 Å². The first-order chi connectivity index (χ1) is 10.7. The summed E-state index contributed by atoms with van der Waals surface area (Å²) in [6.07, 6.45) is 14.5. The first-order valence-electron chi connectivity index (χ1n) is 9.86. The van der Waals surface area contributed by atoms with Crippen LogP contribution in [0.1, 0.15) is 105 Å². The van der Waals surface area contributed by atoms with Crippen LogP contribution >= 0.6 is 0 Å². The summed E-state index contributed by atoms with van der Waals surface area (Å²) in [6.45, 7) is 9.36. The molecule has 22 heavy (non-hydrogen) atoms. The van der Waals surface area contributed by atoms with Crippen molar-refractivity contribution in [3.63, 3.8) is 0 Å². The molecular weight excluding hydrogens is 272 g/mol. The third kappa shape index (κ3) is 11.1. The van der Waals surface area contributed by atoms with E-state index in [1.807, 2.05) is 0 Å². The number of rotatable bonds is 15. The summed E-state index contributed by atoms with van der Waals surface area (Å²) in [6, 6.07) is 0. The van der Waals surface area contributed by atoms with Crippen LogP contribution in [0.2, 0.25) is 0 Å². The van der Waals surface area contributed by atoms with Crippen molar-refractivity contribution in [1.29, 1.82) is 0 Å². The predicted octanol–water partition coefficient (Wildman–Crippen LogP) is 6.52. The van der Waals surface area contributed by atoms with Crippen molar-refractivity contribution in [2.24, 2.45) is 11.8 Å². The quantitative estimate of drug-likeness (QED) is 0.254. The summed E-state index contributed by atoms with van der Waals surface area (Å²) in [5, 5.41) is 0. The van der Waals surface area contributed by atoms with Gasteiger partial charge in [-0.1, -0.05) is 85.5 Å². The van der Waals surface area contributed by atoms with E-state index >= 15 is 0 Å². The molecule has 0 saturated carbocycles. The minimum Gasteiger partial charge on any atom is -0.465 e. The molecule has 0 aliphatic rings. The standard InChI is InChI=1S/C20H40O2/c1-5-9-11-12-13-14-15-18(7-3)17-22-20(21)19(8-4)16-10-6-2/h18-19H,5-17H2,1-4H3. The van der Waals surface area contributed by atoms with Crippen LogP contribution in [-0.4, -0.2) is 12.6 Å². The van der Waals surface area contributed by atoms with Crippen LogP contribution in [0.3, 0.4) is 0 Å². The number of ether oxygens (including phenoxy) is 1. The molecule has 2 nitrogen and oxygen atoms in total. The lowest BCUT2D eigenvalue weighted by Crippen LogP contribution is -2.21. The van der Waals surface area contributed by atoms with Gasteiger partial charge in [-0.2, -0.15) is 0 Å². The summed E-state index contributed by atoms with van der Waals surface area (Å²) in [7, 11) is 0. The van der Waals surface area contributed by atoms with E-state index in [1.165, 1.54) is 44.9 Å². The lowest BCUT2D eigenvalue weighted by molar-refractivity contribution is -0.150. The first-order valence-corrected chi connectivity index (χ1v) is 9.86. The van der Waals surface area contributed by atoms with Crippen molar-refractivity contribution >= 4 is 5.97 Å². The minimum atomic E-state index is 0.0392. The molecular formula is C20H40O2. The van der Waals surface area contributed by atoms with E-state index in [0.717, 1.165) is 32.1 Å². The predicted molar refractivity (Wildman–Crippen MR) is 96.0 cm³/mol. The van der Waals surface area contributed by atoms with Gasteiger partial charge in [0.05, 0.1) is 12.5 Å². The van der Waals surface area contributed by atoms with Gasteiger partial charge in [-0.15, -0.1) is 0 Å². The Morgan fingerprint density at radius 3 is 2.00 bits per heavy atom. The van der Waals surface area contributed by atoms with Crippen LogP contribution in [0.5, 0.6) is 0 Å². The van der Waals surface area contributed by atoms with Gasteiger partial charge in [0.1, 0.15) is 0 Å². The number of unbranched alkanes of at least 4 members (excludes halogenated alkanes) is 6. The molecule has 0 spiro atoms. The molecule has 0 aromatic carbocycles. The molecule has 0 N–H and O–H groups in total. The molecule has 2 atom stereocenters. The Morgan fingerprint density at radius 2 is 1.41 bits per heavy atom. The lowest BCUT2D eigenvalue weighted by atomic mass is 9.98. The maximum absolute atomic E-state index is 12.1. The molecule has 0 aliphatic heterocycles. The molecule has 132 valence electrons. The third-order valence-corrected chi connectivity index (χ3v) is 4.74. The van der Waals surface area contributed by atoms with E-state index in [2.05, 4.69) is 27.7 Å². The Hall–Kier alpha value is -0.530. The Kier molecular flexibility index (Phi) is 15.0. The molecule has 0 fully saturated rings. The van der Waals surface area contributed by atoms with E-state index < -0.39 is 0 Å². The highest BCUT2D eigenvalue weighted by Crippen LogP contribution is 2.18. The maximum Gasteiger partial charge on any atom is 0.308 e. The summed E-state index contributed by atoms with van der Waals surface area (Å²) < 4.78 is 5.60. The molecule has 2 heteroatoms. The van der Waals surface area contributed by atoms with Gasteiger partial charge in [0, 0.05) is 0 Å². The summed E-state index contributed by atoms with van der Waals surface area (Å²) in [5.74, 6) is 0.711. The Labute approximate surface area is 139 Å². The van der Waals surface area contributed by atoms with E-state index in [0.29, 0.717) is 12.5 Å². The number of esters is 1. The van der Waals surface area contributed by atoms with Crippen LogP contribution in [0.25, 0.3) is 0 Å². The Bertz CT molecular complexity index is 250. The van der Waals surface area contributed by atoms with Crippen molar-refractivity contribution in [3.8, 4) is 0 Å². The van der Waals surface area contributed by atoms with Crippen LogP contribution in [0.4, 0.5) is 0 Å². The zero-order valence-electron chi connectivity index (χ0n) is 15.7. The van der Waals surface area contributed by atoms with Crippen LogP contribution in [0.15, 0.2) is 0 Å². The van der Waals surface area contributed by atoms with Crippen molar-refractivity contribution in [3.05, 3.63) is 0 Å². The Balaban J connectivity index is 3.84. The molecule has 0 radical (unpaired) electrons. The molecule has 2 unspecified atom stereocenters. The highest BCUT2D eigenvalue weighted by Gasteiger charge is 2.18. The van der Waals surface area contributed by atoms with Crippen molar-refractivity contribution < 1.29 is 9.53 Å². The van der Waals surface area contributed by atoms with E-state index in [-0.39, 0.29) is 11.9 Å². The Morgan fingerprint density at radius 1 is 0.773 bits per heavy atom. The molecule has 0 saturated heterocycles. The maximum atomic E-state index is 12.1.